The first kappa shape index (κ1) is 21.5. The van der Waals surface area contributed by atoms with Crippen LogP contribution in [0.15, 0.2) is 101 Å². The number of carbonyl (C=O) groups is 2. The van der Waals surface area contributed by atoms with Gasteiger partial charge in [0, 0.05) is 24.5 Å². The van der Waals surface area contributed by atoms with E-state index in [4.69, 9.17) is 11.6 Å². The highest BCUT2D eigenvalue weighted by Crippen LogP contribution is 2.27. The molecule has 1 heterocycles. The van der Waals surface area contributed by atoms with Gasteiger partial charge in [0.1, 0.15) is 5.70 Å². The molecule has 0 aromatic heterocycles. The Labute approximate surface area is 191 Å². The molecule has 1 N–H and O–H groups in total. The molecule has 3 aromatic rings. The van der Waals surface area contributed by atoms with E-state index < -0.39 is 11.9 Å². The molecule has 1 aliphatic heterocycles. The molecule has 160 valence electrons. The number of carbonyl (C=O) groups excluding carboxylic acids is 1. The highest BCUT2D eigenvalue weighted by Gasteiger charge is 2.31. The number of carboxylic acids is 1. The van der Waals surface area contributed by atoms with Crippen molar-refractivity contribution in [3.05, 3.63) is 118 Å². The van der Waals surface area contributed by atoms with E-state index in [2.05, 4.69) is 4.99 Å². The third-order valence-electron chi connectivity index (χ3n) is 5.22. The molecule has 1 aliphatic rings. The quantitative estimate of drug-likeness (QED) is 0.551. The third kappa shape index (κ3) is 4.95. The molecule has 0 spiro atoms. The molecule has 0 saturated heterocycles. The highest BCUT2D eigenvalue weighted by atomic mass is 35.5. The number of nitrogens with zero attached hydrogens (tertiary/aromatic N) is 2. The molecule has 1 amide bonds. The summed E-state index contributed by atoms with van der Waals surface area (Å²) >= 11 is 6.09. The maximum absolute atomic E-state index is 13.6. The molecule has 0 radical (unpaired) electrons. The molecule has 0 unspecified atom stereocenters. The van der Waals surface area contributed by atoms with E-state index in [1.54, 1.807) is 23.1 Å². The monoisotopic (exact) mass is 444 g/mol. The van der Waals surface area contributed by atoms with Gasteiger partial charge in [0.15, 0.2) is 0 Å². The highest BCUT2D eigenvalue weighted by molar-refractivity contribution is 6.31. The summed E-state index contributed by atoms with van der Waals surface area (Å²) in [5, 5.41) is 10.3. The van der Waals surface area contributed by atoms with Crippen molar-refractivity contribution >= 4 is 29.2 Å². The van der Waals surface area contributed by atoms with Crippen molar-refractivity contribution in [2.45, 2.75) is 19.5 Å². The second kappa shape index (κ2) is 9.62. The Hall–Kier alpha value is -3.70. The number of aliphatic imine (C=N–C) groups is 1. The van der Waals surface area contributed by atoms with Gasteiger partial charge in [-0.3, -0.25) is 4.79 Å². The number of rotatable bonds is 7. The molecule has 3 aromatic carbocycles. The summed E-state index contributed by atoms with van der Waals surface area (Å²) in [7, 11) is 0. The van der Waals surface area contributed by atoms with E-state index >= 15 is 0 Å². The molecular formula is C26H21ClN2O3. The molecule has 0 atom stereocenters. The Morgan fingerprint density at radius 2 is 1.47 bits per heavy atom. The van der Waals surface area contributed by atoms with Crippen molar-refractivity contribution in [2.24, 2.45) is 4.99 Å². The second-order valence-corrected chi connectivity index (χ2v) is 7.95. The van der Waals surface area contributed by atoms with Gasteiger partial charge in [-0.2, -0.15) is 0 Å². The first-order valence-electron chi connectivity index (χ1n) is 10.2. The molecule has 5 nitrogen and oxygen atoms in total. The van der Waals surface area contributed by atoms with E-state index in [9.17, 15) is 14.7 Å². The van der Waals surface area contributed by atoms with Crippen molar-refractivity contribution in [3.8, 4) is 0 Å². The average Bonchev–Trinajstić information content (AvgIpc) is 3.26. The number of amides is 1. The fourth-order valence-corrected chi connectivity index (χ4v) is 3.83. The van der Waals surface area contributed by atoms with Gasteiger partial charge in [0.25, 0.3) is 5.91 Å². The van der Waals surface area contributed by atoms with Gasteiger partial charge in [0.05, 0.1) is 11.3 Å². The van der Waals surface area contributed by atoms with Crippen LogP contribution >= 0.6 is 11.6 Å². The average molecular weight is 445 g/mol. The minimum atomic E-state index is -1.14. The number of aliphatic carboxylic acids is 1. The summed E-state index contributed by atoms with van der Waals surface area (Å²) < 4.78 is 0. The first-order chi connectivity index (χ1) is 15.5. The van der Waals surface area contributed by atoms with Crippen LogP contribution < -0.4 is 0 Å². The lowest BCUT2D eigenvalue weighted by molar-refractivity contribution is -0.134. The standard InChI is InChI=1S/C26H21ClN2O3/c27-21-13-7-12-20(14-21)23-15-22(26(31)32)24(28-23)25(30)29(16-18-8-3-1-4-9-18)17-19-10-5-2-6-11-19/h1-14H,15-17H2,(H,31,32). The van der Waals surface area contributed by atoms with Crippen molar-refractivity contribution in [2.75, 3.05) is 0 Å². The van der Waals surface area contributed by atoms with Crippen LogP contribution in [0.3, 0.4) is 0 Å². The molecule has 0 aliphatic carbocycles. The zero-order valence-electron chi connectivity index (χ0n) is 17.2. The van der Waals surface area contributed by atoms with E-state index in [0.29, 0.717) is 29.4 Å². The molecule has 4 rings (SSSR count). The maximum atomic E-state index is 13.6. The Morgan fingerprint density at radius 1 is 0.875 bits per heavy atom. The van der Waals surface area contributed by atoms with Crippen LogP contribution in [0.2, 0.25) is 5.02 Å². The minimum absolute atomic E-state index is 0.00361. The van der Waals surface area contributed by atoms with E-state index in [0.717, 1.165) is 11.1 Å². The van der Waals surface area contributed by atoms with E-state index in [1.807, 2.05) is 66.7 Å². The summed E-state index contributed by atoms with van der Waals surface area (Å²) in [6.07, 6.45) is 0.0707. The van der Waals surface area contributed by atoms with Gasteiger partial charge in [-0.25, -0.2) is 9.79 Å². The Morgan fingerprint density at radius 3 is 2.00 bits per heavy atom. The topological polar surface area (TPSA) is 70.0 Å². The van der Waals surface area contributed by atoms with Gasteiger partial charge in [-0.15, -0.1) is 0 Å². The predicted molar refractivity (Wildman–Crippen MR) is 124 cm³/mol. The van der Waals surface area contributed by atoms with Crippen LogP contribution in [0.5, 0.6) is 0 Å². The lowest BCUT2D eigenvalue weighted by atomic mass is 10.0. The summed E-state index contributed by atoms with van der Waals surface area (Å²) in [5.74, 6) is -1.55. The smallest absolute Gasteiger partial charge is 0.334 e. The fraction of sp³-hybridized carbons (Fsp3) is 0.115. The molecule has 0 saturated carbocycles. The molecule has 6 heteroatoms. The van der Waals surface area contributed by atoms with Crippen LogP contribution in [0, 0.1) is 0 Å². The van der Waals surface area contributed by atoms with Gasteiger partial charge < -0.3 is 10.0 Å². The Kier molecular flexibility index (Phi) is 6.47. The largest absolute Gasteiger partial charge is 0.478 e. The number of hydrogen-bond donors (Lipinski definition) is 1. The SMILES string of the molecule is O=C(O)C1=C(C(=O)N(Cc2ccccc2)Cc2ccccc2)N=C(c2cccc(Cl)c2)C1. The van der Waals surface area contributed by atoms with Gasteiger partial charge in [-0.1, -0.05) is 84.4 Å². The lowest BCUT2D eigenvalue weighted by Crippen LogP contribution is -2.31. The normalized spacial score (nSPS) is 13.1. The Bertz CT molecular complexity index is 1160. The maximum Gasteiger partial charge on any atom is 0.334 e. The zero-order valence-corrected chi connectivity index (χ0v) is 18.0. The van der Waals surface area contributed by atoms with Crippen molar-refractivity contribution in [3.63, 3.8) is 0 Å². The summed E-state index contributed by atoms with van der Waals surface area (Å²) in [5.41, 5.74) is 3.09. The van der Waals surface area contributed by atoms with Crippen molar-refractivity contribution in [1.82, 2.24) is 4.90 Å². The lowest BCUT2D eigenvalue weighted by Gasteiger charge is -2.23. The number of carboxylic acid groups (broad SMARTS) is 1. The second-order valence-electron chi connectivity index (χ2n) is 7.51. The molecule has 32 heavy (non-hydrogen) atoms. The number of benzene rings is 3. The fourth-order valence-electron chi connectivity index (χ4n) is 3.64. The third-order valence-corrected chi connectivity index (χ3v) is 5.45. The van der Waals surface area contributed by atoms with Gasteiger partial charge >= 0.3 is 5.97 Å². The first-order valence-corrected chi connectivity index (χ1v) is 10.6. The van der Waals surface area contributed by atoms with E-state index in [-0.39, 0.29) is 17.7 Å². The predicted octanol–water partition coefficient (Wildman–Crippen LogP) is 5.10. The van der Waals surface area contributed by atoms with Crippen LogP contribution in [0.25, 0.3) is 0 Å². The molecule has 0 fully saturated rings. The number of hydrogen-bond acceptors (Lipinski definition) is 3. The van der Waals surface area contributed by atoms with E-state index in [1.165, 1.54) is 0 Å². The van der Waals surface area contributed by atoms with Crippen molar-refractivity contribution in [1.29, 1.82) is 0 Å². The number of halogens is 1. The van der Waals surface area contributed by atoms with Crippen LogP contribution in [0.4, 0.5) is 0 Å². The summed E-state index contributed by atoms with van der Waals surface area (Å²) in [4.78, 5) is 31.7. The molecule has 0 bridgehead atoms. The van der Waals surface area contributed by atoms with Gasteiger partial charge in [-0.05, 0) is 28.8 Å². The van der Waals surface area contributed by atoms with Crippen LogP contribution in [-0.2, 0) is 22.7 Å². The minimum Gasteiger partial charge on any atom is -0.478 e. The summed E-state index contributed by atoms with van der Waals surface area (Å²) in [6.45, 7) is 0.681. The zero-order chi connectivity index (χ0) is 22.5. The van der Waals surface area contributed by atoms with Gasteiger partial charge in [0.2, 0.25) is 0 Å². The van der Waals surface area contributed by atoms with Crippen LogP contribution in [0.1, 0.15) is 23.1 Å². The van der Waals surface area contributed by atoms with Crippen LogP contribution in [-0.4, -0.2) is 27.6 Å². The van der Waals surface area contributed by atoms with Crippen molar-refractivity contribution < 1.29 is 14.7 Å². The Balaban J connectivity index is 1.69. The molecular weight excluding hydrogens is 424 g/mol. The summed E-state index contributed by atoms with van der Waals surface area (Å²) in [6, 6.07) is 26.3.